The molecule has 0 radical (unpaired) electrons. The molecule has 3 nitrogen and oxygen atoms in total. The van der Waals surface area contributed by atoms with E-state index in [9.17, 15) is 9.90 Å². The summed E-state index contributed by atoms with van der Waals surface area (Å²) < 4.78 is 5.73. The summed E-state index contributed by atoms with van der Waals surface area (Å²) in [6, 6.07) is 24.0. The smallest absolute Gasteiger partial charge is 0.189 e. The highest BCUT2D eigenvalue weighted by molar-refractivity contribution is 6.08. The van der Waals surface area contributed by atoms with Gasteiger partial charge in [-0.15, -0.1) is 0 Å². The van der Waals surface area contributed by atoms with Gasteiger partial charge in [-0.05, 0) is 41.5 Å². The van der Waals surface area contributed by atoms with E-state index in [0.29, 0.717) is 12.2 Å². The summed E-state index contributed by atoms with van der Waals surface area (Å²) in [5.74, 6) is 0.525. The Hall–Kier alpha value is -3.33. The molecule has 124 valence electrons. The Morgan fingerprint density at radius 3 is 2.28 bits per heavy atom. The lowest BCUT2D eigenvalue weighted by atomic mass is 10.1. The Morgan fingerprint density at radius 2 is 1.56 bits per heavy atom. The van der Waals surface area contributed by atoms with E-state index in [0.717, 1.165) is 16.9 Å². The van der Waals surface area contributed by atoms with Crippen molar-refractivity contribution in [1.29, 1.82) is 0 Å². The first-order valence-corrected chi connectivity index (χ1v) is 7.99. The van der Waals surface area contributed by atoms with E-state index in [1.807, 2.05) is 54.6 Å². The highest BCUT2D eigenvalue weighted by Crippen LogP contribution is 2.18. The second-order valence-electron chi connectivity index (χ2n) is 5.56. The van der Waals surface area contributed by atoms with Crippen LogP contribution in [0.3, 0.4) is 0 Å². The van der Waals surface area contributed by atoms with E-state index in [1.54, 1.807) is 24.3 Å². The number of rotatable bonds is 6. The summed E-state index contributed by atoms with van der Waals surface area (Å²) in [5.41, 5.74) is 2.29. The maximum Gasteiger partial charge on any atom is 0.189 e. The molecule has 0 aliphatic carbocycles. The molecule has 0 atom stereocenters. The Balaban J connectivity index is 1.60. The van der Waals surface area contributed by atoms with Gasteiger partial charge >= 0.3 is 0 Å². The van der Waals surface area contributed by atoms with Crippen LogP contribution < -0.4 is 4.74 Å². The molecule has 0 unspecified atom stereocenters. The third-order valence-corrected chi connectivity index (χ3v) is 3.73. The second kappa shape index (κ2) is 7.97. The molecule has 3 heteroatoms. The topological polar surface area (TPSA) is 46.5 Å². The lowest BCUT2D eigenvalue weighted by molar-refractivity contribution is 0.104. The number of carbonyl (C=O) groups is 1. The normalized spacial score (nSPS) is 10.7. The first kappa shape index (κ1) is 16.5. The Labute approximate surface area is 146 Å². The van der Waals surface area contributed by atoms with Crippen LogP contribution in [0.25, 0.3) is 6.08 Å². The van der Waals surface area contributed by atoms with Crippen LogP contribution in [0.5, 0.6) is 11.5 Å². The van der Waals surface area contributed by atoms with E-state index in [2.05, 4.69) is 0 Å². The van der Waals surface area contributed by atoms with E-state index in [1.165, 1.54) is 12.1 Å². The van der Waals surface area contributed by atoms with Crippen LogP contribution in [0.4, 0.5) is 0 Å². The predicted octanol–water partition coefficient (Wildman–Crippen LogP) is 4.87. The number of benzene rings is 3. The van der Waals surface area contributed by atoms with Crippen LogP contribution in [-0.2, 0) is 6.61 Å². The number of ketones is 1. The van der Waals surface area contributed by atoms with Crippen molar-refractivity contribution in [2.75, 3.05) is 0 Å². The third kappa shape index (κ3) is 4.58. The first-order chi connectivity index (χ1) is 12.2. The SMILES string of the molecule is O=C(/C=C/c1ccc(OCc2ccccc2)cc1)c1ccccc1O. The number of hydrogen-bond acceptors (Lipinski definition) is 3. The largest absolute Gasteiger partial charge is 0.507 e. The van der Waals surface area contributed by atoms with Crippen molar-refractivity contribution in [2.24, 2.45) is 0 Å². The Kier molecular flexibility index (Phi) is 5.27. The summed E-state index contributed by atoms with van der Waals surface area (Å²) >= 11 is 0. The summed E-state index contributed by atoms with van der Waals surface area (Å²) in [6.07, 6.45) is 3.17. The average molecular weight is 330 g/mol. The highest BCUT2D eigenvalue weighted by atomic mass is 16.5. The van der Waals surface area contributed by atoms with E-state index < -0.39 is 0 Å². The molecule has 0 bridgehead atoms. The summed E-state index contributed by atoms with van der Waals surface area (Å²) in [5, 5.41) is 9.70. The molecule has 0 spiro atoms. The maximum atomic E-state index is 12.1. The molecule has 3 rings (SSSR count). The molecule has 0 aromatic heterocycles. The number of para-hydroxylation sites is 1. The monoisotopic (exact) mass is 330 g/mol. The fourth-order valence-electron chi connectivity index (χ4n) is 2.36. The van der Waals surface area contributed by atoms with Gasteiger partial charge in [-0.3, -0.25) is 4.79 Å². The number of aromatic hydroxyl groups is 1. The van der Waals surface area contributed by atoms with Crippen LogP contribution in [0.2, 0.25) is 0 Å². The Bertz CT molecular complexity index is 865. The fraction of sp³-hybridized carbons (Fsp3) is 0.0455. The maximum absolute atomic E-state index is 12.1. The zero-order valence-electron chi connectivity index (χ0n) is 13.6. The summed E-state index contributed by atoms with van der Waals surface area (Å²) in [6.45, 7) is 0.516. The highest BCUT2D eigenvalue weighted by Gasteiger charge is 2.06. The molecule has 0 aliphatic heterocycles. The van der Waals surface area contributed by atoms with Crippen LogP contribution in [0.15, 0.2) is 84.9 Å². The van der Waals surface area contributed by atoms with E-state index in [4.69, 9.17) is 4.74 Å². The lowest BCUT2D eigenvalue weighted by Crippen LogP contribution is -1.95. The van der Waals surface area contributed by atoms with Crippen molar-refractivity contribution in [3.8, 4) is 11.5 Å². The molecule has 3 aromatic rings. The minimum absolute atomic E-state index is 0.0122. The molecule has 0 fully saturated rings. The van der Waals surface area contributed by atoms with Crippen molar-refractivity contribution in [1.82, 2.24) is 0 Å². The Morgan fingerprint density at radius 1 is 0.880 bits per heavy atom. The molecular formula is C22H18O3. The van der Waals surface area contributed by atoms with Gasteiger partial charge in [0, 0.05) is 0 Å². The van der Waals surface area contributed by atoms with Crippen molar-refractivity contribution < 1.29 is 14.6 Å². The van der Waals surface area contributed by atoms with Crippen molar-refractivity contribution in [3.63, 3.8) is 0 Å². The standard InChI is InChI=1S/C22H18O3/c23-21-9-5-4-8-20(21)22(24)15-12-17-10-13-19(14-11-17)25-16-18-6-2-1-3-7-18/h1-15,23H,16H2/b15-12+. The van der Waals surface area contributed by atoms with E-state index in [-0.39, 0.29) is 11.5 Å². The van der Waals surface area contributed by atoms with Gasteiger partial charge < -0.3 is 9.84 Å². The van der Waals surface area contributed by atoms with Crippen LogP contribution in [0, 0.1) is 0 Å². The molecule has 0 saturated heterocycles. The molecule has 0 amide bonds. The zero-order chi connectivity index (χ0) is 17.5. The van der Waals surface area contributed by atoms with Gasteiger partial charge in [0.05, 0.1) is 5.56 Å². The summed E-state index contributed by atoms with van der Waals surface area (Å²) in [7, 11) is 0. The van der Waals surface area contributed by atoms with Gasteiger partial charge in [-0.25, -0.2) is 0 Å². The average Bonchev–Trinajstić information content (AvgIpc) is 2.66. The number of hydrogen-bond donors (Lipinski definition) is 1. The van der Waals surface area contributed by atoms with Gasteiger partial charge in [0.2, 0.25) is 0 Å². The molecule has 1 N–H and O–H groups in total. The molecular weight excluding hydrogens is 312 g/mol. The minimum atomic E-state index is -0.234. The fourth-order valence-corrected chi connectivity index (χ4v) is 2.36. The van der Waals surface area contributed by atoms with Crippen LogP contribution in [-0.4, -0.2) is 10.9 Å². The number of ether oxygens (including phenoxy) is 1. The van der Waals surface area contributed by atoms with Gasteiger partial charge in [0.25, 0.3) is 0 Å². The molecule has 0 saturated carbocycles. The molecule has 25 heavy (non-hydrogen) atoms. The van der Waals surface area contributed by atoms with Crippen molar-refractivity contribution in [3.05, 3.63) is 102 Å². The number of allylic oxidation sites excluding steroid dienone is 1. The van der Waals surface area contributed by atoms with Crippen molar-refractivity contribution >= 4 is 11.9 Å². The van der Waals surface area contributed by atoms with E-state index >= 15 is 0 Å². The minimum Gasteiger partial charge on any atom is -0.507 e. The molecule has 0 heterocycles. The predicted molar refractivity (Wildman–Crippen MR) is 98.7 cm³/mol. The van der Waals surface area contributed by atoms with Gasteiger partial charge in [-0.1, -0.05) is 60.7 Å². The molecule has 0 aliphatic rings. The van der Waals surface area contributed by atoms with Crippen molar-refractivity contribution in [2.45, 2.75) is 6.61 Å². The van der Waals surface area contributed by atoms with Gasteiger partial charge in [0.15, 0.2) is 5.78 Å². The number of phenols is 1. The third-order valence-electron chi connectivity index (χ3n) is 3.73. The van der Waals surface area contributed by atoms with Gasteiger partial charge in [-0.2, -0.15) is 0 Å². The van der Waals surface area contributed by atoms with Crippen LogP contribution in [0.1, 0.15) is 21.5 Å². The molecule has 3 aromatic carbocycles. The first-order valence-electron chi connectivity index (χ1n) is 7.99. The quantitative estimate of drug-likeness (QED) is 0.518. The van der Waals surface area contributed by atoms with Gasteiger partial charge in [0.1, 0.15) is 18.1 Å². The zero-order valence-corrected chi connectivity index (χ0v) is 13.6. The lowest BCUT2D eigenvalue weighted by Gasteiger charge is -2.06. The second-order valence-corrected chi connectivity index (χ2v) is 5.56. The number of carbonyl (C=O) groups excluding carboxylic acids is 1. The number of phenolic OH excluding ortho intramolecular Hbond substituents is 1. The summed E-state index contributed by atoms with van der Waals surface area (Å²) in [4.78, 5) is 12.1. The van der Waals surface area contributed by atoms with Crippen LogP contribution >= 0.6 is 0 Å².